The van der Waals surface area contributed by atoms with Crippen molar-refractivity contribution in [2.75, 3.05) is 0 Å². The van der Waals surface area contributed by atoms with Gasteiger partial charge in [-0.2, -0.15) is 0 Å². The number of aliphatic hydroxyl groups is 1. The van der Waals surface area contributed by atoms with Crippen LogP contribution in [0, 0.1) is 0 Å². The first-order valence-electron chi connectivity index (χ1n) is 6.21. The van der Waals surface area contributed by atoms with E-state index in [2.05, 4.69) is 28.9 Å². The minimum atomic E-state index is -0.445. The molecule has 0 aliphatic heterocycles. The van der Waals surface area contributed by atoms with Crippen molar-refractivity contribution >= 4 is 15.9 Å². The van der Waals surface area contributed by atoms with Gasteiger partial charge in [-0.05, 0) is 29.2 Å². The second kappa shape index (κ2) is 6.17. The highest BCUT2D eigenvalue weighted by atomic mass is 79.9. The fraction of sp³-hybridized carbons (Fsp3) is 0.250. The van der Waals surface area contributed by atoms with Crippen LogP contribution in [0.5, 0.6) is 0 Å². The molecule has 2 rings (SSSR count). The second-order valence-corrected chi connectivity index (χ2v) is 5.22. The first-order chi connectivity index (χ1) is 8.72. The lowest BCUT2D eigenvalue weighted by Gasteiger charge is -2.15. The van der Waals surface area contributed by atoms with Crippen molar-refractivity contribution in [2.45, 2.75) is 25.9 Å². The van der Waals surface area contributed by atoms with Crippen molar-refractivity contribution in [1.82, 2.24) is 0 Å². The monoisotopic (exact) mass is 304 g/mol. The summed E-state index contributed by atoms with van der Waals surface area (Å²) in [7, 11) is 0. The van der Waals surface area contributed by atoms with E-state index in [-0.39, 0.29) is 0 Å². The third-order valence-corrected chi connectivity index (χ3v) is 3.94. The van der Waals surface area contributed by atoms with Crippen LogP contribution in [0.2, 0.25) is 0 Å². The lowest BCUT2D eigenvalue weighted by Crippen LogP contribution is -2.05. The Morgan fingerprint density at radius 1 is 1.00 bits per heavy atom. The molecule has 0 spiro atoms. The molecule has 2 aromatic rings. The number of hydrogen-bond donors (Lipinski definition) is 1. The maximum Gasteiger partial charge on any atom is 0.0833 e. The topological polar surface area (TPSA) is 20.2 Å². The smallest absolute Gasteiger partial charge is 0.0833 e. The Hall–Kier alpha value is -1.12. The van der Waals surface area contributed by atoms with E-state index in [9.17, 15) is 5.11 Å². The molecule has 0 fully saturated rings. The van der Waals surface area contributed by atoms with E-state index in [0.29, 0.717) is 6.42 Å². The summed E-state index contributed by atoms with van der Waals surface area (Å²) in [6, 6.07) is 16.1. The molecule has 0 aliphatic rings. The number of aliphatic hydroxyl groups excluding tert-OH is 1. The number of benzene rings is 2. The Labute approximate surface area is 117 Å². The third kappa shape index (κ3) is 3.01. The molecule has 1 atom stereocenters. The van der Waals surface area contributed by atoms with Gasteiger partial charge in [0.1, 0.15) is 0 Å². The molecule has 0 aromatic heterocycles. The maximum absolute atomic E-state index is 10.4. The summed E-state index contributed by atoms with van der Waals surface area (Å²) < 4.78 is 1.05. The molecular weight excluding hydrogens is 288 g/mol. The summed E-state index contributed by atoms with van der Waals surface area (Å²) in [6.45, 7) is 2.12. The van der Waals surface area contributed by atoms with Crippen LogP contribution in [0.1, 0.15) is 29.7 Å². The standard InChI is InChI=1S/C16H17BrO/c1-2-12-7-3-5-9-14(12)16(18)11-13-8-4-6-10-15(13)17/h3-10,16,18H,2,11H2,1H3. The summed E-state index contributed by atoms with van der Waals surface area (Å²) in [5, 5.41) is 10.4. The van der Waals surface area contributed by atoms with Gasteiger partial charge in [-0.25, -0.2) is 0 Å². The molecule has 18 heavy (non-hydrogen) atoms. The predicted octanol–water partition coefficient (Wildman–Crippen LogP) is 4.29. The first kappa shape index (κ1) is 13.3. The summed E-state index contributed by atoms with van der Waals surface area (Å²) in [5.74, 6) is 0. The van der Waals surface area contributed by atoms with Gasteiger partial charge >= 0.3 is 0 Å². The number of hydrogen-bond acceptors (Lipinski definition) is 1. The molecule has 2 aromatic carbocycles. The lowest BCUT2D eigenvalue weighted by atomic mass is 9.96. The number of aryl methyl sites for hydroxylation is 1. The van der Waals surface area contributed by atoms with Gasteiger partial charge in [0.05, 0.1) is 6.10 Å². The predicted molar refractivity (Wildman–Crippen MR) is 78.6 cm³/mol. The summed E-state index contributed by atoms with van der Waals surface area (Å²) in [5.41, 5.74) is 3.39. The first-order valence-corrected chi connectivity index (χ1v) is 7.01. The number of halogens is 1. The maximum atomic E-state index is 10.4. The van der Waals surface area contributed by atoms with Gasteiger partial charge in [0.25, 0.3) is 0 Å². The second-order valence-electron chi connectivity index (χ2n) is 4.36. The Balaban J connectivity index is 2.22. The highest BCUT2D eigenvalue weighted by molar-refractivity contribution is 9.10. The van der Waals surface area contributed by atoms with Gasteiger partial charge in [-0.1, -0.05) is 65.3 Å². The van der Waals surface area contributed by atoms with E-state index in [0.717, 1.165) is 22.0 Å². The molecule has 0 radical (unpaired) electrons. The van der Waals surface area contributed by atoms with Crippen molar-refractivity contribution in [3.05, 3.63) is 69.7 Å². The molecule has 2 heteroatoms. The largest absolute Gasteiger partial charge is 0.388 e. The molecule has 0 heterocycles. The minimum absolute atomic E-state index is 0.445. The Morgan fingerprint density at radius 3 is 2.28 bits per heavy atom. The van der Waals surface area contributed by atoms with Gasteiger partial charge in [0.2, 0.25) is 0 Å². The van der Waals surface area contributed by atoms with E-state index in [1.807, 2.05) is 42.5 Å². The van der Waals surface area contributed by atoms with Crippen LogP contribution in [-0.4, -0.2) is 5.11 Å². The number of rotatable bonds is 4. The van der Waals surface area contributed by atoms with Crippen molar-refractivity contribution in [2.24, 2.45) is 0 Å². The Bertz CT molecular complexity index is 522. The van der Waals surface area contributed by atoms with Crippen LogP contribution in [0.25, 0.3) is 0 Å². The van der Waals surface area contributed by atoms with Gasteiger partial charge < -0.3 is 5.11 Å². The molecular formula is C16H17BrO. The van der Waals surface area contributed by atoms with Crippen LogP contribution in [0.15, 0.2) is 53.0 Å². The van der Waals surface area contributed by atoms with Crippen molar-refractivity contribution < 1.29 is 5.11 Å². The lowest BCUT2D eigenvalue weighted by molar-refractivity contribution is 0.177. The zero-order valence-electron chi connectivity index (χ0n) is 10.4. The zero-order chi connectivity index (χ0) is 13.0. The Kier molecular flexibility index (Phi) is 4.56. The molecule has 1 N–H and O–H groups in total. The van der Waals surface area contributed by atoms with Crippen molar-refractivity contribution in [3.63, 3.8) is 0 Å². The summed E-state index contributed by atoms with van der Waals surface area (Å²) in [6.07, 6.45) is 1.14. The van der Waals surface area contributed by atoms with Crippen LogP contribution in [0.4, 0.5) is 0 Å². The van der Waals surface area contributed by atoms with Gasteiger partial charge in [-0.3, -0.25) is 0 Å². The quantitative estimate of drug-likeness (QED) is 0.893. The van der Waals surface area contributed by atoms with E-state index in [4.69, 9.17) is 0 Å². The molecule has 1 nitrogen and oxygen atoms in total. The normalized spacial score (nSPS) is 12.4. The van der Waals surface area contributed by atoms with E-state index in [1.165, 1.54) is 5.56 Å². The fourth-order valence-electron chi connectivity index (χ4n) is 2.16. The van der Waals surface area contributed by atoms with E-state index < -0.39 is 6.10 Å². The molecule has 1 unspecified atom stereocenters. The molecule has 0 saturated heterocycles. The summed E-state index contributed by atoms with van der Waals surface area (Å²) >= 11 is 3.52. The average Bonchev–Trinajstić information content (AvgIpc) is 2.41. The Morgan fingerprint density at radius 2 is 1.61 bits per heavy atom. The van der Waals surface area contributed by atoms with Gasteiger partial charge in [-0.15, -0.1) is 0 Å². The molecule has 0 amide bonds. The molecule has 0 aliphatic carbocycles. The average molecular weight is 305 g/mol. The van der Waals surface area contributed by atoms with Crippen molar-refractivity contribution in [3.8, 4) is 0 Å². The highest BCUT2D eigenvalue weighted by Gasteiger charge is 2.13. The van der Waals surface area contributed by atoms with Gasteiger partial charge in [0, 0.05) is 10.9 Å². The minimum Gasteiger partial charge on any atom is -0.388 e. The van der Waals surface area contributed by atoms with Gasteiger partial charge in [0.15, 0.2) is 0 Å². The molecule has 0 saturated carbocycles. The third-order valence-electron chi connectivity index (χ3n) is 3.17. The molecule has 94 valence electrons. The van der Waals surface area contributed by atoms with E-state index >= 15 is 0 Å². The van der Waals surface area contributed by atoms with Crippen molar-refractivity contribution in [1.29, 1.82) is 0 Å². The summed E-state index contributed by atoms with van der Waals surface area (Å²) in [4.78, 5) is 0. The van der Waals surface area contributed by atoms with E-state index in [1.54, 1.807) is 0 Å². The van der Waals surface area contributed by atoms with Crippen LogP contribution in [-0.2, 0) is 12.8 Å². The van der Waals surface area contributed by atoms with Crippen LogP contribution in [0.3, 0.4) is 0 Å². The van der Waals surface area contributed by atoms with Crippen LogP contribution >= 0.6 is 15.9 Å². The zero-order valence-corrected chi connectivity index (χ0v) is 12.0. The van der Waals surface area contributed by atoms with Crippen LogP contribution < -0.4 is 0 Å². The fourth-order valence-corrected chi connectivity index (χ4v) is 2.61. The molecule has 0 bridgehead atoms. The SMILES string of the molecule is CCc1ccccc1C(O)Cc1ccccc1Br. The highest BCUT2D eigenvalue weighted by Crippen LogP contribution is 2.25.